The molecule has 1 amide bonds. The van der Waals surface area contributed by atoms with E-state index in [1.54, 1.807) is 19.9 Å². The molecule has 0 bridgehead atoms. The van der Waals surface area contributed by atoms with Crippen LogP contribution < -0.4 is 11.1 Å². The first-order valence-corrected chi connectivity index (χ1v) is 5.64. The molecule has 1 aromatic carbocycles. The minimum atomic E-state index is -1.11. The topological polar surface area (TPSA) is 92.4 Å². The molecule has 0 aliphatic carbocycles. The number of hydrogen-bond acceptors (Lipinski definition) is 3. The average molecular weight is 301 g/mol. The van der Waals surface area contributed by atoms with Crippen LogP contribution in [-0.4, -0.2) is 22.5 Å². The Morgan fingerprint density at radius 1 is 1.41 bits per heavy atom. The molecule has 5 nitrogen and oxygen atoms in total. The first-order valence-electron chi connectivity index (χ1n) is 4.85. The lowest BCUT2D eigenvalue weighted by Gasteiger charge is -2.18. The van der Waals surface area contributed by atoms with E-state index < -0.39 is 17.4 Å². The quantitative estimate of drug-likeness (QED) is 0.794. The summed E-state index contributed by atoms with van der Waals surface area (Å²) in [5, 5.41) is 11.5. The molecule has 0 fully saturated rings. The molecule has 17 heavy (non-hydrogen) atoms. The highest BCUT2D eigenvalue weighted by Crippen LogP contribution is 2.21. The molecular weight excluding hydrogens is 288 g/mol. The lowest BCUT2D eigenvalue weighted by atomic mass is 10.1. The zero-order valence-electron chi connectivity index (χ0n) is 9.45. The van der Waals surface area contributed by atoms with Crippen molar-refractivity contribution < 1.29 is 14.7 Å². The van der Waals surface area contributed by atoms with Gasteiger partial charge in [0.05, 0.1) is 16.8 Å². The second-order valence-corrected chi connectivity index (χ2v) is 5.09. The third-order valence-corrected chi connectivity index (χ3v) is 2.54. The number of carboxylic acid groups (broad SMARTS) is 1. The highest BCUT2D eigenvalue weighted by atomic mass is 79.9. The van der Waals surface area contributed by atoms with Crippen molar-refractivity contribution >= 4 is 33.5 Å². The summed E-state index contributed by atoms with van der Waals surface area (Å²) in [6.45, 7) is 3.09. The van der Waals surface area contributed by atoms with Crippen molar-refractivity contribution in [2.45, 2.75) is 19.4 Å². The van der Waals surface area contributed by atoms with E-state index in [2.05, 4.69) is 21.2 Å². The van der Waals surface area contributed by atoms with Gasteiger partial charge in [-0.25, -0.2) is 4.79 Å². The van der Waals surface area contributed by atoms with E-state index in [-0.39, 0.29) is 11.3 Å². The summed E-state index contributed by atoms with van der Waals surface area (Å²) in [5.74, 6) is -1.56. The number of nitrogens with one attached hydrogen (secondary N) is 1. The summed E-state index contributed by atoms with van der Waals surface area (Å²) >= 11 is 3.17. The van der Waals surface area contributed by atoms with Gasteiger partial charge in [0, 0.05) is 4.47 Å². The Morgan fingerprint density at radius 2 is 2.00 bits per heavy atom. The van der Waals surface area contributed by atoms with E-state index in [0.29, 0.717) is 4.47 Å². The minimum absolute atomic E-state index is 0.0111. The van der Waals surface area contributed by atoms with E-state index in [1.807, 2.05) is 0 Å². The Bertz CT molecular complexity index is 466. The summed E-state index contributed by atoms with van der Waals surface area (Å²) in [4.78, 5) is 22.7. The van der Waals surface area contributed by atoms with E-state index >= 15 is 0 Å². The molecule has 0 atom stereocenters. The van der Waals surface area contributed by atoms with Gasteiger partial charge in [-0.15, -0.1) is 0 Å². The average Bonchev–Trinajstić information content (AvgIpc) is 2.18. The molecule has 4 N–H and O–H groups in total. The second-order valence-electron chi connectivity index (χ2n) is 4.17. The van der Waals surface area contributed by atoms with Crippen molar-refractivity contribution in [1.29, 1.82) is 0 Å². The third kappa shape index (κ3) is 3.54. The molecule has 0 saturated heterocycles. The number of halogens is 1. The van der Waals surface area contributed by atoms with Crippen LogP contribution in [0.1, 0.15) is 24.2 Å². The maximum absolute atomic E-state index is 11.7. The molecule has 0 spiro atoms. The molecule has 0 saturated carbocycles. The van der Waals surface area contributed by atoms with Gasteiger partial charge in [0.1, 0.15) is 0 Å². The van der Waals surface area contributed by atoms with Crippen molar-refractivity contribution in [2.75, 3.05) is 5.32 Å². The molecule has 0 aliphatic rings. The molecule has 6 heteroatoms. The summed E-state index contributed by atoms with van der Waals surface area (Å²) in [5.41, 5.74) is 4.78. The van der Waals surface area contributed by atoms with Gasteiger partial charge < -0.3 is 16.2 Å². The van der Waals surface area contributed by atoms with Gasteiger partial charge in [-0.2, -0.15) is 0 Å². The molecule has 92 valence electrons. The highest BCUT2D eigenvalue weighted by Gasteiger charge is 2.23. The fourth-order valence-corrected chi connectivity index (χ4v) is 1.45. The molecule has 1 rings (SSSR count). The van der Waals surface area contributed by atoms with Crippen molar-refractivity contribution in [3.8, 4) is 0 Å². The number of aromatic carboxylic acids is 1. The van der Waals surface area contributed by atoms with Crippen LogP contribution in [0.4, 0.5) is 5.69 Å². The number of carboxylic acids is 1. The van der Waals surface area contributed by atoms with E-state index in [1.165, 1.54) is 12.1 Å². The monoisotopic (exact) mass is 300 g/mol. The first kappa shape index (κ1) is 13.7. The number of hydrogen-bond donors (Lipinski definition) is 3. The van der Waals surface area contributed by atoms with Crippen LogP contribution in [0, 0.1) is 0 Å². The van der Waals surface area contributed by atoms with Gasteiger partial charge in [-0.3, -0.25) is 4.79 Å². The molecular formula is C11H13BrN2O3. The number of amides is 1. The molecule has 0 aromatic heterocycles. The molecule has 0 heterocycles. The zero-order chi connectivity index (χ0) is 13.2. The van der Waals surface area contributed by atoms with Crippen LogP contribution >= 0.6 is 15.9 Å². The minimum Gasteiger partial charge on any atom is -0.478 e. The lowest BCUT2D eigenvalue weighted by molar-refractivity contribution is -0.120. The van der Waals surface area contributed by atoms with Gasteiger partial charge in [0.25, 0.3) is 0 Å². The second kappa shape index (κ2) is 4.85. The van der Waals surface area contributed by atoms with Crippen molar-refractivity contribution in [2.24, 2.45) is 5.73 Å². The summed E-state index contributed by atoms with van der Waals surface area (Å²) in [6.07, 6.45) is 0. The van der Waals surface area contributed by atoms with Crippen LogP contribution in [0.2, 0.25) is 0 Å². The number of anilines is 1. The number of rotatable bonds is 3. The van der Waals surface area contributed by atoms with Gasteiger partial charge in [-0.05, 0) is 32.0 Å². The highest BCUT2D eigenvalue weighted by molar-refractivity contribution is 9.10. The van der Waals surface area contributed by atoms with E-state index in [4.69, 9.17) is 10.8 Å². The Kier molecular flexibility index (Phi) is 3.90. The largest absolute Gasteiger partial charge is 0.478 e. The number of carbonyl (C=O) groups excluding carboxylic acids is 1. The molecule has 0 aliphatic heterocycles. The smallest absolute Gasteiger partial charge is 0.337 e. The van der Waals surface area contributed by atoms with Crippen LogP contribution in [0.15, 0.2) is 22.7 Å². The molecule has 0 radical (unpaired) electrons. The molecule has 0 unspecified atom stereocenters. The number of nitrogens with two attached hydrogens (primary N) is 1. The standard InChI is InChI=1S/C11H13BrN2O3/c1-11(2,13)10(17)14-8-4-3-6(12)5-7(8)9(15)16/h3-5H,13H2,1-2H3,(H,14,17)(H,15,16). The number of benzene rings is 1. The van der Waals surface area contributed by atoms with Gasteiger partial charge in [0.15, 0.2) is 0 Å². The van der Waals surface area contributed by atoms with Gasteiger partial charge in [0.2, 0.25) is 5.91 Å². The van der Waals surface area contributed by atoms with Crippen LogP contribution in [0.3, 0.4) is 0 Å². The maximum Gasteiger partial charge on any atom is 0.337 e. The number of carbonyl (C=O) groups is 2. The Balaban J connectivity index is 3.07. The Labute approximate surface area is 107 Å². The Hall–Kier alpha value is -1.40. The van der Waals surface area contributed by atoms with Crippen molar-refractivity contribution in [1.82, 2.24) is 0 Å². The summed E-state index contributed by atoms with van der Waals surface area (Å²) < 4.78 is 0.625. The predicted octanol–water partition coefficient (Wildman–Crippen LogP) is 1.82. The fourth-order valence-electron chi connectivity index (χ4n) is 1.09. The fraction of sp³-hybridized carbons (Fsp3) is 0.273. The summed E-state index contributed by atoms with van der Waals surface area (Å²) in [7, 11) is 0. The zero-order valence-corrected chi connectivity index (χ0v) is 11.0. The van der Waals surface area contributed by atoms with Crippen molar-refractivity contribution in [3.05, 3.63) is 28.2 Å². The maximum atomic E-state index is 11.7. The normalized spacial score (nSPS) is 11.1. The van der Waals surface area contributed by atoms with Gasteiger partial charge in [-0.1, -0.05) is 15.9 Å². The lowest BCUT2D eigenvalue weighted by Crippen LogP contribution is -2.45. The van der Waals surface area contributed by atoms with Crippen LogP contribution in [-0.2, 0) is 4.79 Å². The third-order valence-electron chi connectivity index (χ3n) is 2.05. The van der Waals surface area contributed by atoms with Crippen LogP contribution in [0.5, 0.6) is 0 Å². The van der Waals surface area contributed by atoms with E-state index in [9.17, 15) is 9.59 Å². The summed E-state index contributed by atoms with van der Waals surface area (Å²) in [6, 6.07) is 4.57. The predicted molar refractivity (Wildman–Crippen MR) is 68.0 cm³/mol. The molecule has 1 aromatic rings. The van der Waals surface area contributed by atoms with Gasteiger partial charge >= 0.3 is 5.97 Å². The Morgan fingerprint density at radius 3 is 2.47 bits per heavy atom. The first-order chi connectivity index (χ1) is 7.71. The van der Waals surface area contributed by atoms with Crippen LogP contribution in [0.25, 0.3) is 0 Å². The SMILES string of the molecule is CC(C)(N)C(=O)Nc1ccc(Br)cc1C(=O)O. The van der Waals surface area contributed by atoms with Crippen molar-refractivity contribution in [3.63, 3.8) is 0 Å². The van der Waals surface area contributed by atoms with E-state index in [0.717, 1.165) is 0 Å².